The molecule has 2 aliphatic rings. The Labute approximate surface area is 107 Å². The van der Waals surface area contributed by atoms with Gasteiger partial charge in [-0.05, 0) is 64.8 Å². The van der Waals surface area contributed by atoms with Crippen LogP contribution in [0.1, 0.15) is 32.6 Å². The number of hydrogen-bond acceptors (Lipinski definition) is 3. The van der Waals surface area contributed by atoms with Crippen LogP contribution in [0.2, 0.25) is 0 Å². The van der Waals surface area contributed by atoms with Gasteiger partial charge in [-0.25, -0.2) is 0 Å². The molecule has 2 saturated heterocycles. The topological polar surface area (TPSA) is 18.5 Å². The van der Waals surface area contributed by atoms with Crippen molar-refractivity contribution in [3.8, 4) is 0 Å². The van der Waals surface area contributed by atoms with Gasteiger partial charge in [-0.3, -0.25) is 0 Å². The summed E-state index contributed by atoms with van der Waals surface area (Å²) >= 11 is 0. The second-order valence-electron chi connectivity index (χ2n) is 5.95. The number of nitrogens with one attached hydrogen (secondary N) is 1. The lowest BCUT2D eigenvalue weighted by atomic mass is 10.0. The minimum Gasteiger partial charge on any atom is -0.314 e. The standard InChI is InChI=1S/C14H29N3/c1-3-7-15-14-5-9-17(10-6-14)12-13-4-8-16(2)11-13/h13-15H,3-12H2,1-2H3. The Hall–Kier alpha value is -0.120. The van der Waals surface area contributed by atoms with E-state index in [4.69, 9.17) is 0 Å². The van der Waals surface area contributed by atoms with Crippen molar-refractivity contribution in [1.82, 2.24) is 15.1 Å². The normalized spacial score (nSPS) is 28.9. The molecule has 0 spiro atoms. The van der Waals surface area contributed by atoms with Crippen LogP contribution in [0.4, 0.5) is 0 Å². The van der Waals surface area contributed by atoms with Gasteiger partial charge in [0.2, 0.25) is 0 Å². The van der Waals surface area contributed by atoms with Crippen LogP contribution in [0.15, 0.2) is 0 Å². The van der Waals surface area contributed by atoms with E-state index in [1.54, 1.807) is 0 Å². The van der Waals surface area contributed by atoms with Gasteiger partial charge < -0.3 is 15.1 Å². The zero-order valence-corrected chi connectivity index (χ0v) is 11.6. The van der Waals surface area contributed by atoms with E-state index in [1.165, 1.54) is 65.0 Å². The molecule has 0 bridgehead atoms. The minimum absolute atomic E-state index is 0.789. The number of piperidine rings is 1. The molecule has 0 aliphatic carbocycles. The molecule has 17 heavy (non-hydrogen) atoms. The monoisotopic (exact) mass is 239 g/mol. The fraction of sp³-hybridized carbons (Fsp3) is 1.00. The van der Waals surface area contributed by atoms with Crippen molar-refractivity contribution in [2.75, 3.05) is 46.3 Å². The van der Waals surface area contributed by atoms with Crippen LogP contribution < -0.4 is 5.32 Å². The van der Waals surface area contributed by atoms with E-state index in [9.17, 15) is 0 Å². The molecule has 1 unspecified atom stereocenters. The van der Waals surface area contributed by atoms with E-state index < -0.39 is 0 Å². The van der Waals surface area contributed by atoms with Gasteiger partial charge in [0.15, 0.2) is 0 Å². The summed E-state index contributed by atoms with van der Waals surface area (Å²) in [5.41, 5.74) is 0. The van der Waals surface area contributed by atoms with Crippen LogP contribution in [0.25, 0.3) is 0 Å². The zero-order valence-electron chi connectivity index (χ0n) is 11.6. The number of hydrogen-bond donors (Lipinski definition) is 1. The van der Waals surface area contributed by atoms with Gasteiger partial charge in [0.05, 0.1) is 0 Å². The Morgan fingerprint density at radius 1 is 1.12 bits per heavy atom. The maximum Gasteiger partial charge on any atom is 0.00914 e. The van der Waals surface area contributed by atoms with E-state index in [-0.39, 0.29) is 0 Å². The van der Waals surface area contributed by atoms with Crippen LogP contribution >= 0.6 is 0 Å². The van der Waals surface area contributed by atoms with Crippen molar-refractivity contribution in [3.63, 3.8) is 0 Å². The molecule has 2 aliphatic heterocycles. The first-order chi connectivity index (χ1) is 8.28. The van der Waals surface area contributed by atoms with E-state index >= 15 is 0 Å². The van der Waals surface area contributed by atoms with Crippen molar-refractivity contribution in [3.05, 3.63) is 0 Å². The summed E-state index contributed by atoms with van der Waals surface area (Å²) in [7, 11) is 2.25. The van der Waals surface area contributed by atoms with Gasteiger partial charge >= 0.3 is 0 Å². The first-order valence-corrected chi connectivity index (χ1v) is 7.42. The largest absolute Gasteiger partial charge is 0.314 e. The third-order valence-electron chi connectivity index (χ3n) is 4.28. The summed E-state index contributed by atoms with van der Waals surface area (Å²) in [6, 6.07) is 0.789. The smallest absolute Gasteiger partial charge is 0.00914 e. The molecule has 1 atom stereocenters. The van der Waals surface area contributed by atoms with Crippen LogP contribution in [0.3, 0.4) is 0 Å². The van der Waals surface area contributed by atoms with Crippen LogP contribution in [0.5, 0.6) is 0 Å². The summed E-state index contributed by atoms with van der Waals surface area (Å²) in [4.78, 5) is 5.16. The van der Waals surface area contributed by atoms with Crippen molar-refractivity contribution in [2.24, 2.45) is 5.92 Å². The molecule has 0 aromatic rings. The van der Waals surface area contributed by atoms with Crippen LogP contribution in [-0.2, 0) is 0 Å². The molecular formula is C14H29N3. The summed E-state index contributed by atoms with van der Waals surface area (Å²) in [6.45, 7) is 10.0. The second-order valence-corrected chi connectivity index (χ2v) is 5.95. The minimum atomic E-state index is 0.789. The van der Waals surface area contributed by atoms with Crippen molar-refractivity contribution >= 4 is 0 Å². The molecule has 0 aromatic heterocycles. The van der Waals surface area contributed by atoms with E-state index in [0.717, 1.165) is 12.0 Å². The van der Waals surface area contributed by atoms with Crippen molar-refractivity contribution < 1.29 is 0 Å². The lowest BCUT2D eigenvalue weighted by molar-refractivity contribution is 0.173. The van der Waals surface area contributed by atoms with E-state index in [2.05, 4.69) is 29.1 Å². The van der Waals surface area contributed by atoms with E-state index in [1.807, 2.05) is 0 Å². The molecule has 2 fully saturated rings. The Bertz CT molecular complexity index is 212. The predicted octanol–water partition coefficient (Wildman–Crippen LogP) is 1.40. The highest BCUT2D eigenvalue weighted by molar-refractivity contribution is 4.81. The van der Waals surface area contributed by atoms with Crippen LogP contribution in [-0.4, -0.2) is 62.2 Å². The average molecular weight is 239 g/mol. The maximum absolute atomic E-state index is 3.66. The summed E-state index contributed by atoms with van der Waals surface area (Å²) < 4.78 is 0. The van der Waals surface area contributed by atoms with E-state index in [0.29, 0.717) is 0 Å². The quantitative estimate of drug-likeness (QED) is 0.782. The van der Waals surface area contributed by atoms with Crippen molar-refractivity contribution in [1.29, 1.82) is 0 Å². The molecule has 0 amide bonds. The first-order valence-electron chi connectivity index (χ1n) is 7.42. The predicted molar refractivity (Wildman–Crippen MR) is 73.4 cm³/mol. The maximum atomic E-state index is 3.66. The molecule has 3 heteroatoms. The second kappa shape index (κ2) is 6.72. The Balaban J connectivity index is 1.62. The summed E-state index contributed by atoms with van der Waals surface area (Å²) in [5, 5.41) is 3.66. The molecule has 1 N–H and O–H groups in total. The number of nitrogens with zero attached hydrogens (tertiary/aromatic N) is 2. The average Bonchev–Trinajstić information content (AvgIpc) is 2.74. The molecule has 2 rings (SSSR count). The Kier molecular flexibility index (Phi) is 5.26. The number of rotatable bonds is 5. The van der Waals surface area contributed by atoms with Crippen LogP contribution in [0, 0.1) is 5.92 Å². The lowest BCUT2D eigenvalue weighted by Crippen LogP contribution is -2.44. The van der Waals surface area contributed by atoms with Gasteiger partial charge in [-0.2, -0.15) is 0 Å². The lowest BCUT2D eigenvalue weighted by Gasteiger charge is -2.33. The third kappa shape index (κ3) is 4.23. The highest BCUT2D eigenvalue weighted by Crippen LogP contribution is 2.18. The molecule has 0 aromatic carbocycles. The molecular weight excluding hydrogens is 210 g/mol. The molecule has 0 radical (unpaired) electrons. The Morgan fingerprint density at radius 2 is 1.88 bits per heavy atom. The molecule has 2 heterocycles. The van der Waals surface area contributed by atoms with Gasteiger partial charge in [0.1, 0.15) is 0 Å². The summed E-state index contributed by atoms with van der Waals surface area (Å²) in [6.07, 6.45) is 5.37. The summed E-state index contributed by atoms with van der Waals surface area (Å²) in [5.74, 6) is 0.931. The fourth-order valence-electron chi connectivity index (χ4n) is 3.21. The SMILES string of the molecule is CCCNC1CCN(CC2CCN(C)C2)CC1. The number of likely N-dealkylation sites (tertiary alicyclic amines) is 2. The van der Waals surface area contributed by atoms with Gasteiger partial charge in [-0.15, -0.1) is 0 Å². The van der Waals surface area contributed by atoms with Gasteiger partial charge in [-0.1, -0.05) is 6.92 Å². The zero-order chi connectivity index (χ0) is 12.1. The molecule has 0 saturated carbocycles. The Morgan fingerprint density at radius 3 is 2.47 bits per heavy atom. The fourth-order valence-corrected chi connectivity index (χ4v) is 3.21. The highest BCUT2D eigenvalue weighted by atomic mass is 15.2. The molecule has 100 valence electrons. The highest BCUT2D eigenvalue weighted by Gasteiger charge is 2.24. The van der Waals surface area contributed by atoms with Gasteiger partial charge in [0.25, 0.3) is 0 Å². The van der Waals surface area contributed by atoms with Gasteiger partial charge in [0, 0.05) is 19.1 Å². The third-order valence-corrected chi connectivity index (χ3v) is 4.28. The van der Waals surface area contributed by atoms with Crippen molar-refractivity contribution in [2.45, 2.75) is 38.6 Å². The molecule has 3 nitrogen and oxygen atoms in total. The first kappa shape index (κ1) is 13.3.